The quantitative estimate of drug-likeness (QED) is 0.671. The highest BCUT2D eigenvalue weighted by Gasteiger charge is 2.46. The summed E-state index contributed by atoms with van der Waals surface area (Å²) in [6.45, 7) is 1.30. The van der Waals surface area contributed by atoms with Crippen LogP contribution in [0.5, 0.6) is 11.5 Å². The van der Waals surface area contributed by atoms with Gasteiger partial charge in [0.15, 0.2) is 0 Å². The van der Waals surface area contributed by atoms with Gasteiger partial charge in [0.2, 0.25) is 5.91 Å². The van der Waals surface area contributed by atoms with Crippen LogP contribution in [0.15, 0.2) is 24.3 Å². The first-order valence-electron chi connectivity index (χ1n) is 9.42. The van der Waals surface area contributed by atoms with E-state index in [1.165, 1.54) is 4.90 Å². The Morgan fingerprint density at radius 1 is 1.17 bits per heavy atom. The van der Waals surface area contributed by atoms with Gasteiger partial charge in [-0.3, -0.25) is 9.69 Å². The highest BCUT2D eigenvalue weighted by Crippen LogP contribution is 2.32. The number of piperidine rings is 2. The van der Waals surface area contributed by atoms with Crippen LogP contribution >= 0.6 is 0 Å². The highest BCUT2D eigenvalue weighted by atomic mass is 19.4. The SMILES string of the molecule is C[C@H]1CCN(C2CN(C(=O)Oc3ccc(OC(F)(F)F)cc3)CC(F)(F)C2)C(=O)C1. The number of carbonyl (C=O) groups excluding carboxylic acids is 2. The Labute approximate surface area is 169 Å². The van der Waals surface area contributed by atoms with Gasteiger partial charge < -0.3 is 14.4 Å². The first kappa shape index (κ1) is 22.1. The van der Waals surface area contributed by atoms with Crippen LogP contribution in [0.2, 0.25) is 0 Å². The number of benzene rings is 1. The molecule has 0 bridgehead atoms. The Morgan fingerprint density at radius 2 is 1.80 bits per heavy atom. The van der Waals surface area contributed by atoms with Crippen LogP contribution in [-0.4, -0.2) is 59.8 Å². The van der Waals surface area contributed by atoms with Crippen molar-refractivity contribution in [1.29, 1.82) is 0 Å². The number of alkyl halides is 5. The van der Waals surface area contributed by atoms with Gasteiger partial charge in [-0.1, -0.05) is 6.92 Å². The third kappa shape index (κ3) is 5.73. The first-order chi connectivity index (χ1) is 13.9. The van der Waals surface area contributed by atoms with Gasteiger partial charge in [-0.15, -0.1) is 13.2 Å². The monoisotopic (exact) mass is 436 g/mol. The highest BCUT2D eigenvalue weighted by molar-refractivity contribution is 5.78. The second-order valence-electron chi connectivity index (χ2n) is 7.67. The Balaban J connectivity index is 1.65. The molecule has 166 valence electrons. The van der Waals surface area contributed by atoms with Crippen LogP contribution in [-0.2, 0) is 4.79 Å². The van der Waals surface area contributed by atoms with Crippen molar-refractivity contribution >= 4 is 12.0 Å². The summed E-state index contributed by atoms with van der Waals surface area (Å²) in [5, 5.41) is 0. The Kier molecular flexibility index (Phi) is 6.09. The minimum absolute atomic E-state index is 0.107. The molecule has 2 heterocycles. The molecule has 3 rings (SSSR count). The van der Waals surface area contributed by atoms with Crippen LogP contribution in [0.3, 0.4) is 0 Å². The molecular formula is C19H21F5N2O4. The molecule has 6 nitrogen and oxygen atoms in total. The summed E-state index contributed by atoms with van der Waals surface area (Å²) in [5.74, 6) is -3.86. The molecule has 2 amide bonds. The zero-order valence-corrected chi connectivity index (χ0v) is 16.1. The lowest BCUT2D eigenvalue weighted by atomic mass is 9.94. The third-order valence-corrected chi connectivity index (χ3v) is 5.06. The van der Waals surface area contributed by atoms with E-state index in [1.807, 2.05) is 6.92 Å². The van der Waals surface area contributed by atoms with E-state index in [0.29, 0.717) is 13.0 Å². The summed E-state index contributed by atoms with van der Waals surface area (Å²) in [6.07, 6.45) is -5.50. The normalized spacial score (nSPS) is 24.5. The molecule has 2 aliphatic heterocycles. The van der Waals surface area contributed by atoms with Gasteiger partial charge in [0.05, 0.1) is 12.6 Å². The second kappa shape index (κ2) is 8.27. The fourth-order valence-electron chi connectivity index (χ4n) is 3.68. The molecule has 2 atom stereocenters. The van der Waals surface area contributed by atoms with Crippen molar-refractivity contribution in [3.05, 3.63) is 24.3 Å². The van der Waals surface area contributed by atoms with E-state index in [9.17, 15) is 31.5 Å². The lowest BCUT2D eigenvalue weighted by Gasteiger charge is -2.44. The maximum atomic E-state index is 14.3. The Bertz CT molecular complexity index is 784. The first-order valence-corrected chi connectivity index (χ1v) is 9.42. The van der Waals surface area contributed by atoms with Crippen molar-refractivity contribution in [3.63, 3.8) is 0 Å². The number of ether oxygens (including phenoxy) is 2. The van der Waals surface area contributed by atoms with E-state index in [1.54, 1.807) is 0 Å². The number of halogens is 5. The van der Waals surface area contributed by atoms with E-state index < -0.39 is 43.1 Å². The van der Waals surface area contributed by atoms with Crippen LogP contribution in [0.1, 0.15) is 26.2 Å². The molecule has 2 aliphatic rings. The number of amides is 2. The lowest BCUT2D eigenvalue weighted by Crippen LogP contribution is -2.59. The molecule has 1 aromatic carbocycles. The van der Waals surface area contributed by atoms with Crippen molar-refractivity contribution < 1.29 is 41.0 Å². The summed E-state index contributed by atoms with van der Waals surface area (Å²) in [5.41, 5.74) is 0. The van der Waals surface area contributed by atoms with E-state index in [4.69, 9.17) is 4.74 Å². The maximum absolute atomic E-state index is 14.3. The molecule has 0 aromatic heterocycles. The largest absolute Gasteiger partial charge is 0.573 e. The van der Waals surface area contributed by atoms with Crippen LogP contribution in [0.4, 0.5) is 26.7 Å². The smallest absolute Gasteiger partial charge is 0.410 e. The van der Waals surface area contributed by atoms with Gasteiger partial charge in [-0.25, -0.2) is 13.6 Å². The molecule has 0 N–H and O–H groups in total. The molecule has 1 aromatic rings. The minimum Gasteiger partial charge on any atom is -0.410 e. The van der Waals surface area contributed by atoms with Gasteiger partial charge in [-0.05, 0) is 36.6 Å². The zero-order valence-electron chi connectivity index (χ0n) is 16.1. The maximum Gasteiger partial charge on any atom is 0.573 e. The molecule has 2 saturated heterocycles. The van der Waals surface area contributed by atoms with Crippen molar-refractivity contribution in [2.24, 2.45) is 5.92 Å². The van der Waals surface area contributed by atoms with E-state index in [0.717, 1.165) is 29.2 Å². The number of likely N-dealkylation sites (tertiary alicyclic amines) is 2. The molecule has 0 spiro atoms. The minimum atomic E-state index is -4.86. The summed E-state index contributed by atoms with van der Waals surface area (Å²) >= 11 is 0. The van der Waals surface area contributed by atoms with Crippen molar-refractivity contribution in [3.8, 4) is 11.5 Å². The molecule has 1 unspecified atom stereocenters. The lowest BCUT2D eigenvalue weighted by molar-refractivity contribution is -0.274. The number of nitrogens with zero attached hydrogens (tertiary/aromatic N) is 2. The molecule has 2 fully saturated rings. The molecular weight excluding hydrogens is 415 g/mol. The standard InChI is InChI=1S/C19H21F5N2O4/c1-12-6-7-26(16(27)8-12)13-9-18(20,21)11-25(10-13)17(28)29-14-2-4-15(5-3-14)30-19(22,23)24/h2-5,12-13H,6-11H2,1H3/t12-,13?/m0/s1. The molecule has 11 heteroatoms. The van der Waals surface area contributed by atoms with E-state index in [-0.39, 0.29) is 30.5 Å². The van der Waals surface area contributed by atoms with Gasteiger partial charge >= 0.3 is 12.5 Å². The number of hydrogen-bond donors (Lipinski definition) is 0. The van der Waals surface area contributed by atoms with Crippen molar-refractivity contribution in [2.45, 2.75) is 44.5 Å². The molecule has 30 heavy (non-hydrogen) atoms. The fraction of sp³-hybridized carbons (Fsp3) is 0.579. The predicted molar refractivity (Wildman–Crippen MR) is 94.2 cm³/mol. The van der Waals surface area contributed by atoms with E-state index in [2.05, 4.69) is 4.74 Å². The van der Waals surface area contributed by atoms with Gasteiger partial charge in [-0.2, -0.15) is 0 Å². The summed E-state index contributed by atoms with van der Waals surface area (Å²) in [4.78, 5) is 26.9. The number of rotatable bonds is 3. The van der Waals surface area contributed by atoms with E-state index >= 15 is 0 Å². The van der Waals surface area contributed by atoms with Crippen molar-refractivity contribution in [2.75, 3.05) is 19.6 Å². The third-order valence-electron chi connectivity index (χ3n) is 5.06. The average Bonchev–Trinajstić information content (AvgIpc) is 2.60. The van der Waals surface area contributed by atoms with Gasteiger partial charge in [0.25, 0.3) is 5.92 Å². The van der Waals surface area contributed by atoms with Crippen LogP contribution in [0.25, 0.3) is 0 Å². The summed E-state index contributed by atoms with van der Waals surface area (Å²) in [7, 11) is 0. The van der Waals surface area contributed by atoms with Crippen LogP contribution in [0, 0.1) is 5.92 Å². The zero-order chi connectivity index (χ0) is 22.1. The summed E-state index contributed by atoms with van der Waals surface area (Å²) < 4.78 is 73.8. The number of carbonyl (C=O) groups is 2. The molecule has 0 saturated carbocycles. The predicted octanol–water partition coefficient (Wildman–Crippen LogP) is 4.05. The molecule has 0 radical (unpaired) electrons. The second-order valence-corrected chi connectivity index (χ2v) is 7.67. The average molecular weight is 436 g/mol. The van der Waals surface area contributed by atoms with Gasteiger partial charge in [0.1, 0.15) is 11.5 Å². The summed E-state index contributed by atoms with van der Waals surface area (Å²) in [6, 6.07) is 3.18. The molecule has 0 aliphatic carbocycles. The topological polar surface area (TPSA) is 59.1 Å². The Hall–Kier alpha value is -2.59. The number of hydrogen-bond acceptors (Lipinski definition) is 4. The van der Waals surface area contributed by atoms with Crippen LogP contribution < -0.4 is 9.47 Å². The van der Waals surface area contributed by atoms with Crippen molar-refractivity contribution in [1.82, 2.24) is 9.80 Å². The fourth-order valence-corrected chi connectivity index (χ4v) is 3.68. The Morgan fingerprint density at radius 3 is 2.40 bits per heavy atom. The van der Waals surface area contributed by atoms with Gasteiger partial charge in [0, 0.05) is 25.9 Å².